The van der Waals surface area contributed by atoms with Crippen molar-refractivity contribution < 1.29 is 14.0 Å². The number of rotatable bonds is 4. The molecule has 1 aliphatic carbocycles. The van der Waals surface area contributed by atoms with Crippen LogP contribution in [0.3, 0.4) is 0 Å². The fraction of sp³-hybridized carbons (Fsp3) is 0.500. The van der Waals surface area contributed by atoms with E-state index in [9.17, 15) is 14.4 Å². The zero-order chi connectivity index (χ0) is 19.8. The Morgan fingerprint density at radius 1 is 1.21 bits per heavy atom. The third-order valence-corrected chi connectivity index (χ3v) is 5.84. The summed E-state index contributed by atoms with van der Waals surface area (Å²) in [6, 6.07) is 4.71. The number of hydrogen-bond acceptors (Lipinski definition) is 5. The van der Waals surface area contributed by atoms with Gasteiger partial charge in [-0.1, -0.05) is 0 Å². The van der Waals surface area contributed by atoms with Crippen molar-refractivity contribution in [2.24, 2.45) is 11.8 Å². The molecule has 2 bridgehead atoms. The molecule has 1 N–H and O–H groups in total. The van der Waals surface area contributed by atoms with Gasteiger partial charge in [0.2, 0.25) is 5.91 Å². The molecular weight excluding hydrogens is 360 g/mol. The van der Waals surface area contributed by atoms with Crippen LogP contribution in [-0.4, -0.2) is 45.6 Å². The van der Waals surface area contributed by atoms with Crippen molar-refractivity contribution in [3.8, 4) is 0 Å². The number of hydrogen-bond donors (Lipinski definition) is 1. The predicted octanol–water partition coefficient (Wildman–Crippen LogP) is 1.12. The van der Waals surface area contributed by atoms with E-state index in [1.807, 2.05) is 24.8 Å². The molecule has 8 heteroatoms. The molecule has 28 heavy (non-hydrogen) atoms. The Morgan fingerprint density at radius 3 is 2.50 bits per heavy atom. The Hall–Kier alpha value is -2.90. The quantitative estimate of drug-likeness (QED) is 0.852. The monoisotopic (exact) mass is 384 g/mol. The lowest BCUT2D eigenvalue weighted by atomic mass is 9.91. The van der Waals surface area contributed by atoms with Gasteiger partial charge in [0.25, 0.3) is 5.91 Å². The van der Waals surface area contributed by atoms with Gasteiger partial charge in [0, 0.05) is 30.9 Å². The van der Waals surface area contributed by atoms with Gasteiger partial charge in [0.05, 0.1) is 11.3 Å². The highest BCUT2D eigenvalue weighted by atomic mass is 16.4. The summed E-state index contributed by atoms with van der Waals surface area (Å²) in [7, 11) is 0. The Labute approximate surface area is 162 Å². The molecule has 8 nitrogen and oxygen atoms in total. The van der Waals surface area contributed by atoms with Crippen molar-refractivity contribution in [2.45, 2.75) is 39.3 Å². The minimum Gasteiger partial charge on any atom is -0.430 e. The SMILES string of the molecule is Cc1cc(C)n(CC(=O)N2C[C@H]3CC[C@@H](C2)C3NC(=O)c2ccc(=O)oc2)n1. The van der Waals surface area contributed by atoms with E-state index in [-0.39, 0.29) is 36.2 Å². The van der Waals surface area contributed by atoms with E-state index in [0.717, 1.165) is 24.2 Å². The summed E-state index contributed by atoms with van der Waals surface area (Å²) in [5, 5.41) is 7.46. The Kier molecular flexibility index (Phi) is 4.78. The number of carbonyl (C=O) groups is 2. The molecule has 2 aliphatic rings. The van der Waals surface area contributed by atoms with Crippen LogP contribution in [0.2, 0.25) is 0 Å². The van der Waals surface area contributed by atoms with Crippen molar-refractivity contribution in [2.75, 3.05) is 13.1 Å². The van der Waals surface area contributed by atoms with E-state index in [0.29, 0.717) is 18.7 Å². The van der Waals surface area contributed by atoms with Crippen LogP contribution in [0, 0.1) is 25.7 Å². The van der Waals surface area contributed by atoms with E-state index in [4.69, 9.17) is 4.42 Å². The lowest BCUT2D eigenvalue weighted by molar-refractivity contribution is -0.134. The predicted molar refractivity (Wildman–Crippen MR) is 101 cm³/mol. The van der Waals surface area contributed by atoms with Crippen molar-refractivity contribution in [3.05, 3.63) is 51.8 Å². The van der Waals surface area contributed by atoms with Gasteiger partial charge < -0.3 is 14.6 Å². The third-order valence-electron chi connectivity index (χ3n) is 5.84. The number of amides is 2. The standard InChI is InChI=1S/C20H24N4O4/c1-12-7-13(2)24(22-12)10-17(25)23-8-14-3-4-15(9-23)19(14)21-20(27)16-5-6-18(26)28-11-16/h5-7,11,14-15,19H,3-4,8-10H2,1-2H3,(H,21,27)/t14-,15+,19?. The molecule has 0 aromatic carbocycles. The summed E-state index contributed by atoms with van der Waals surface area (Å²) in [6.07, 6.45) is 3.17. The first-order valence-electron chi connectivity index (χ1n) is 9.59. The maximum absolute atomic E-state index is 12.8. The number of aryl methyl sites for hydroxylation is 2. The largest absolute Gasteiger partial charge is 0.430 e. The average molecular weight is 384 g/mol. The fourth-order valence-electron chi connectivity index (χ4n) is 4.45. The van der Waals surface area contributed by atoms with E-state index >= 15 is 0 Å². The first-order chi connectivity index (χ1) is 13.4. The number of carbonyl (C=O) groups excluding carboxylic acids is 2. The molecule has 2 amide bonds. The van der Waals surface area contributed by atoms with Crippen LogP contribution in [0.5, 0.6) is 0 Å². The Morgan fingerprint density at radius 2 is 1.93 bits per heavy atom. The molecule has 0 radical (unpaired) electrons. The maximum atomic E-state index is 12.8. The summed E-state index contributed by atoms with van der Waals surface area (Å²) in [5.41, 5.74) is 1.74. The van der Waals surface area contributed by atoms with Crippen molar-refractivity contribution in [1.29, 1.82) is 0 Å². The van der Waals surface area contributed by atoms with Crippen LogP contribution in [0.15, 0.2) is 33.7 Å². The maximum Gasteiger partial charge on any atom is 0.335 e. The molecule has 3 atom stereocenters. The highest BCUT2D eigenvalue weighted by Gasteiger charge is 2.44. The Balaban J connectivity index is 1.39. The topological polar surface area (TPSA) is 97.4 Å². The first-order valence-corrected chi connectivity index (χ1v) is 9.59. The molecule has 1 saturated carbocycles. The number of nitrogens with zero attached hydrogens (tertiary/aromatic N) is 3. The molecular formula is C20H24N4O4. The normalized spacial score (nSPS) is 23.6. The molecule has 2 aromatic rings. The van der Waals surface area contributed by atoms with E-state index in [1.54, 1.807) is 4.68 Å². The van der Waals surface area contributed by atoms with E-state index in [1.165, 1.54) is 18.4 Å². The van der Waals surface area contributed by atoms with Gasteiger partial charge in [-0.2, -0.15) is 5.10 Å². The van der Waals surface area contributed by atoms with Crippen molar-refractivity contribution in [1.82, 2.24) is 20.0 Å². The average Bonchev–Trinajstić information content (AvgIpc) is 3.08. The van der Waals surface area contributed by atoms with Gasteiger partial charge in [-0.05, 0) is 50.7 Å². The second kappa shape index (κ2) is 7.26. The number of nitrogens with one attached hydrogen (secondary N) is 1. The minimum atomic E-state index is -0.481. The molecule has 1 saturated heterocycles. The van der Waals surface area contributed by atoms with Gasteiger partial charge in [0.1, 0.15) is 12.8 Å². The van der Waals surface area contributed by atoms with Crippen LogP contribution >= 0.6 is 0 Å². The number of piperidine rings is 1. The molecule has 2 fully saturated rings. The van der Waals surface area contributed by atoms with Gasteiger partial charge in [-0.25, -0.2) is 4.79 Å². The Bertz CT molecular complexity index is 929. The highest BCUT2D eigenvalue weighted by molar-refractivity contribution is 5.94. The lowest BCUT2D eigenvalue weighted by Crippen LogP contribution is -2.54. The molecule has 3 heterocycles. The van der Waals surface area contributed by atoms with Crippen LogP contribution in [-0.2, 0) is 11.3 Å². The van der Waals surface area contributed by atoms with E-state index in [2.05, 4.69) is 10.4 Å². The van der Waals surface area contributed by atoms with Crippen LogP contribution in [0.25, 0.3) is 0 Å². The van der Waals surface area contributed by atoms with Gasteiger partial charge >= 0.3 is 5.63 Å². The van der Waals surface area contributed by atoms with Crippen molar-refractivity contribution in [3.63, 3.8) is 0 Å². The second-order valence-corrected chi connectivity index (χ2v) is 7.82. The second-order valence-electron chi connectivity index (χ2n) is 7.82. The number of aromatic nitrogens is 2. The number of fused-ring (bicyclic) bond motifs is 2. The molecule has 1 unspecified atom stereocenters. The van der Waals surface area contributed by atoms with Crippen LogP contribution < -0.4 is 10.9 Å². The molecule has 0 spiro atoms. The summed E-state index contributed by atoms with van der Waals surface area (Å²) in [4.78, 5) is 38.2. The molecule has 4 rings (SSSR count). The van der Waals surface area contributed by atoms with E-state index < -0.39 is 5.63 Å². The van der Waals surface area contributed by atoms with Gasteiger partial charge in [-0.3, -0.25) is 14.3 Å². The first kappa shape index (κ1) is 18.5. The summed E-state index contributed by atoms with van der Waals surface area (Å²) in [5.74, 6) is 0.302. The van der Waals surface area contributed by atoms with Gasteiger partial charge in [-0.15, -0.1) is 0 Å². The summed E-state index contributed by atoms with van der Waals surface area (Å²) >= 11 is 0. The fourth-order valence-corrected chi connectivity index (χ4v) is 4.45. The zero-order valence-electron chi connectivity index (χ0n) is 16.1. The van der Waals surface area contributed by atoms with Crippen LogP contribution in [0.1, 0.15) is 34.6 Å². The smallest absolute Gasteiger partial charge is 0.335 e. The number of likely N-dealkylation sites (tertiary alicyclic amines) is 1. The molecule has 2 aromatic heterocycles. The zero-order valence-corrected chi connectivity index (χ0v) is 16.1. The summed E-state index contributed by atoms with van der Waals surface area (Å²) < 4.78 is 6.52. The summed E-state index contributed by atoms with van der Waals surface area (Å²) in [6.45, 7) is 5.40. The minimum absolute atomic E-state index is 0.0390. The highest BCUT2D eigenvalue weighted by Crippen LogP contribution is 2.37. The van der Waals surface area contributed by atoms with Gasteiger partial charge in [0.15, 0.2) is 0 Å². The lowest BCUT2D eigenvalue weighted by Gasteiger charge is -2.38. The third kappa shape index (κ3) is 3.58. The van der Waals surface area contributed by atoms with Crippen LogP contribution in [0.4, 0.5) is 0 Å². The molecule has 148 valence electrons. The molecule has 1 aliphatic heterocycles. The van der Waals surface area contributed by atoms with Crippen molar-refractivity contribution >= 4 is 11.8 Å².